The van der Waals surface area contributed by atoms with Crippen LogP contribution in [-0.2, 0) is 4.79 Å². The molecule has 8 nitrogen and oxygen atoms in total. The van der Waals surface area contributed by atoms with E-state index in [1.165, 1.54) is 6.92 Å². The first-order valence-electron chi connectivity index (χ1n) is 5.79. The van der Waals surface area contributed by atoms with E-state index < -0.39 is 52.4 Å². The van der Waals surface area contributed by atoms with Crippen LogP contribution in [0, 0.1) is 15.9 Å². The molecule has 0 aliphatic carbocycles. The average molecular weight is 300 g/mol. The Labute approximate surface area is 118 Å². The lowest BCUT2D eigenvalue weighted by Gasteiger charge is -2.21. The number of carbonyl (C=O) groups excluding carboxylic acids is 1. The predicted octanol–water partition coefficient (Wildman–Crippen LogP) is 0.689. The third kappa shape index (κ3) is 4.80. The van der Waals surface area contributed by atoms with Crippen molar-refractivity contribution in [1.29, 1.82) is 0 Å². The van der Waals surface area contributed by atoms with E-state index in [0.717, 1.165) is 18.2 Å². The molecule has 9 heteroatoms. The van der Waals surface area contributed by atoms with Gasteiger partial charge in [0.05, 0.1) is 22.5 Å². The highest BCUT2D eigenvalue weighted by Crippen LogP contribution is 2.17. The van der Waals surface area contributed by atoms with Crippen molar-refractivity contribution in [2.45, 2.75) is 18.9 Å². The summed E-state index contributed by atoms with van der Waals surface area (Å²) in [6.07, 6.45) is -0.620. The molecule has 1 aromatic rings. The Morgan fingerprint density at radius 2 is 2.10 bits per heavy atom. The van der Waals surface area contributed by atoms with Crippen molar-refractivity contribution in [3.8, 4) is 0 Å². The third-order valence-corrected chi connectivity index (χ3v) is 2.57. The van der Waals surface area contributed by atoms with Crippen LogP contribution in [0.3, 0.4) is 0 Å². The van der Waals surface area contributed by atoms with Crippen molar-refractivity contribution < 1.29 is 29.1 Å². The quantitative estimate of drug-likeness (QED) is 0.523. The first-order chi connectivity index (χ1) is 9.62. The molecule has 0 radical (unpaired) electrons. The smallest absolute Gasteiger partial charge is 0.306 e. The van der Waals surface area contributed by atoms with Crippen LogP contribution in [0.2, 0.25) is 0 Å². The number of carbonyl (C=O) groups is 2. The van der Waals surface area contributed by atoms with Gasteiger partial charge in [-0.25, -0.2) is 4.39 Å². The van der Waals surface area contributed by atoms with Crippen LogP contribution in [0.15, 0.2) is 18.2 Å². The fourth-order valence-corrected chi connectivity index (χ4v) is 1.56. The van der Waals surface area contributed by atoms with E-state index in [0.29, 0.717) is 0 Å². The van der Waals surface area contributed by atoms with Gasteiger partial charge in [0.1, 0.15) is 5.82 Å². The van der Waals surface area contributed by atoms with E-state index in [1.807, 2.05) is 0 Å². The molecule has 0 aliphatic heterocycles. The molecule has 0 saturated heterocycles. The molecule has 0 heterocycles. The summed E-state index contributed by atoms with van der Waals surface area (Å²) in [5.74, 6) is -3.21. The summed E-state index contributed by atoms with van der Waals surface area (Å²) >= 11 is 0. The maximum absolute atomic E-state index is 13.5. The number of amides is 1. The largest absolute Gasteiger partial charge is 0.481 e. The molecule has 0 fully saturated rings. The summed E-state index contributed by atoms with van der Waals surface area (Å²) in [6, 6.07) is 2.45. The van der Waals surface area contributed by atoms with Crippen LogP contribution >= 0.6 is 0 Å². The second-order valence-corrected chi connectivity index (χ2v) is 4.67. The average Bonchev–Trinajstić information content (AvgIpc) is 2.34. The second-order valence-electron chi connectivity index (χ2n) is 4.67. The highest BCUT2D eigenvalue weighted by Gasteiger charge is 2.26. The van der Waals surface area contributed by atoms with Gasteiger partial charge in [-0.2, -0.15) is 0 Å². The molecule has 1 rings (SSSR count). The summed E-state index contributed by atoms with van der Waals surface area (Å²) in [4.78, 5) is 32.0. The Bertz CT molecular complexity index is 587. The van der Waals surface area contributed by atoms with Crippen molar-refractivity contribution in [2.24, 2.45) is 0 Å². The molecule has 0 bridgehead atoms. The number of nitro groups is 1. The Kier molecular flexibility index (Phi) is 4.93. The lowest BCUT2D eigenvalue weighted by Crippen LogP contribution is -2.42. The van der Waals surface area contributed by atoms with Gasteiger partial charge >= 0.3 is 5.97 Å². The monoisotopic (exact) mass is 300 g/mol. The second kappa shape index (κ2) is 6.27. The molecule has 114 valence electrons. The van der Waals surface area contributed by atoms with Gasteiger partial charge in [-0.05, 0) is 13.0 Å². The summed E-state index contributed by atoms with van der Waals surface area (Å²) in [5, 5.41) is 31.0. The van der Waals surface area contributed by atoms with Gasteiger partial charge in [-0.3, -0.25) is 19.7 Å². The highest BCUT2D eigenvalue weighted by atomic mass is 19.1. The standard InChI is InChI=1S/C12H13FN2O6/c1-12(19,5-10(16)17)6-14-11(18)8-4-7(15(20)21)2-3-9(8)13/h2-4,19H,5-6H2,1H3,(H,14,18)(H,16,17). The van der Waals surface area contributed by atoms with Gasteiger partial charge in [0, 0.05) is 18.7 Å². The van der Waals surface area contributed by atoms with Crippen molar-refractivity contribution in [3.63, 3.8) is 0 Å². The molecule has 1 unspecified atom stereocenters. The predicted molar refractivity (Wildman–Crippen MR) is 68.3 cm³/mol. The molecule has 0 aliphatic rings. The molecule has 1 amide bonds. The Hall–Kier alpha value is -2.55. The van der Waals surface area contributed by atoms with E-state index in [4.69, 9.17) is 5.11 Å². The van der Waals surface area contributed by atoms with Crippen LogP contribution < -0.4 is 5.32 Å². The maximum Gasteiger partial charge on any atom is 0.306 e. The zero-order valence-corrected chi connectivity index (χ0v) is 11.0. The Morgan fingerprint density at radius 3 is 2.62 bits per heavy atom. The van der Waals surface area contributed by atoms with Crippen LogP contribution in [0.1, 0.15) is 23.7 Å². The number of benzene rings is 1. The maximum atomic E-state index is 13.5. The lowest BCUT2D eigenvalue weighted by atomic mass is 10.0. The summed E-state index contributed by atoms with van der Waals surface area (Å²) in [5.41, 5.74) is -2.74. The van der Waals surface area contributed by atoms with Gasteiger partial charge in [-0.1, -0.05) is 0 Å². The molecule has 0 aromatic heterocycles. The number of non-ortho nitro benzene ring substituents is 1. The number of hydrogen-bond donors (Lipinski definition) is 3. The van der Waals surface area contributed by atoms with E-state index in [2.05, 4.69) is 5.32 Å². The number of carboxylic acids is 1. The summed E-state index contributed by atoms with van der Waals surface area (Å²) in [6.45, 7) is 0.742. The van der Waals surface area contributed by atoms with Gasteiger partial charge < -0.3 is 15.5 Å². The van der Waals surface area contributed by atoms with Gasteiger partial charge in [0.25, 0.3) is 11.6 Å². The first-order valence-corrected chi connectivity index (χ1v) is 5.79. The van der Waals surface area contributed by atoms with Crippen molar-refractivity contribution in [1.82, 2.24) is 5.32 Å². The molecule has 3 N–H and O–H groups in total. The zero-order chi connectivity index (χ0) is 16.2. The topological polar surface area (TPSA) is 130 Å². The number of nitrogens with one attached hydrogen (secondary N) is 1. The van der Waals surface area contributed by atoms with E-state index in [9.17, 15) is 29.2 Å². The fourth-order valence-electron chi connectivity index (χ4n) is 1.56. The molecular weight excluding hydrogens is 287 g/mol. The number of hydrogen-bond acceptors (Lipinski definition) is 5. The number of aliphatic carboxylic acids is 1. The normalized spacial score (nSPS) is 13.3. The minimum absolute atomic E-state index is 0.444. The molecule has 21 heavy (non-hydrogen) atoms. The number of carboxylic acid groups (broad SMARTS) is 1. The fraction of sp³-hybridized carbons (Fsp3) is 0.333. The van der Waals surface area contributed by atoms with Crippen LogP contribution in [0.25, 0.3) is 0 Å². The van der Waals surface area contributed by atoms with Crippen molar-refractivity contribution in [2.75, 3.05) is 6.54 Å². The minimum atomic E-state index is -1.72. The zero-order valence-electron chi connectivity index (χ0n) is 11.0. The number of nitro benzene ring substituents is 1. The summed E-state index contributed by atoms with van der Waals surface area (Å²) < 4.78 is 13.5. The highest BCUT2D eigenvalue weighted by molar-refractivity contribution is 5.95. The van der Waals surface area contributed by atoms with Gasteiger partial charge in [-0.15, -0.1) is 0 Å². The molecular formula is C12H13FN2O6. The molecule has 1 aromatic carbocycles. The third-order valence-electron chi connectivity index (χ3n) is 2.57. The number of nitrogens with zero attached hydrogens (tertiary/aromatic N) is 1. The van der Waals surface area contributed by atoms with E-state index >= 15 is 0 Å². The van der Waals surface area contributed by atoms with Gasteiger partial charge in [0.2, 0.25) is 0 Å². The number of aliphatic hydroxyl groups is 1. The van der Waals surface area contributed by atoms with Crippen molar-refractivity contribution >= 4 is 17.6 Å². The minimum Gasteiger partial charge on any atom is -0.481 e. The lowest BCUT2D eigenvalue weighted by molar-refractivity contribution is -0.384. The first kappa shape index (κ1) is 16.5. The Balaban J connectivity index is 2.83. The molecule has 0 saturated carbocycles. The van der Waals surface area contributed by atoms with E-state index in [1.54, 1.807) is 0 Å². The summed E-state index contributed by atoms with van der Waals surface area (Å²) in [7, 11) is 0. The van der Waals surface area contributed by atoms with Crippen LogP contribution in [0.5, 0.6) is 0 Å². The van der Waals surface area contributed by atoms with E-state index in [-0.39, 0.29) is 0 Å². The van der Waals surface area contributed by atoms with Crippen LogP contribution in [-0.4, -0.2) is 39.2 Å². The number of halogens is 1. The SMILES string of the molecule is CC(O)(CNC(=O)c1cc([N+](=O)[O-])ccc1F)CC(=O)O. The van der Waals surface area contributed by atoms with Gasteiger partial charge in [0.15, 0.2) is 0 Å². The Morgan fingerprint density at radius 1 is 1.48 bits per heavy atom. The number of rotatable bonds is 6. The van der Waals surface area contributed by atoms with Crippen molar-refractivity contribution in [3.05, 3.63) is 39.7 Å². The van der Waals surface area contributed by atoms with Crippen LogP contribution in [0.4, 0.5) is 10.1 Å². The molecule has 0 spiro atoms. The molecule has 1 atom stereocenters.